The summed E-state index contributed by atoms with van der Waals surface area (Å²) in [4.78, 5) is 5.47. The van der Waals surface area contributed by atoms with Crippen LogP contribution in [0.4, 0.5) is 0 Å². The van der Waals surface area contributed by atoms with Crippen molar-refractivity contribution in [3.63, 3.8) is 0 Å². The molecule has 2 heterocycles. The zero-order valence-corrected chi connectivity index (χ0v) is 13.2. The normalized spacial score (nSPS) is 20.2. The topological polar surface area (TPSA) is 15.3 Å². The average Bonchev–Trinajstić information content (AvgIpc) is 2.97. The third-order valence-electron chi connectivity index (χ3n) is 3.34. The van der Waals surface area contributed by atoms with E-state index in [4.69, 9.17) is 0 Å². The molecule has 18 heavy (non-hydrogen) atoms. The van der Waals surface area contributed by atoms with Gasteiger partial charge in [-0.05, 0) is 31.4 Å². The zero-order chi connectivity index (χ0) is 13.0. The maximum atomic E-state index is 3.48. The first kappa shape index (κ1) is 14.4. The van der Waals surface area contributed by atoms with Crippen LogP contribution in [0.5, 0.6) is 0 Å². The molecule has 0 aromatic carbocycles. The van der Waals surface area contributed by atoms with Crippen LogP contribution in [0.25, 0.3) is 0 Å². The van der Waals surface area contributed by atoms with E-state index in [2.05, 4.69) is 55.0 Å². The number of hydrogen-bond acceptors (Lipinski definition) is 4. The Morgan fingerprint density at radius 1 is 1.39 bits per heavy atom. The van der Waals surface area contributed by atoms with Gasteiger partial charge in [0.1, 0.15) is 0 Å². The van der Waals surface area contributed by atoms with E-state index >= 15 is 0 Å². The van der Waals surface area contributed by atoms with Gasteiger partial charge >= 0.3 is 0 Å². The molecule has 1 aromatic heterocycles. The molecule has 4 heteroatoms. The molecule has 1 atom stereocenters. The van der Waals surface area contributed by atoms with Crippen LogP contribution >= 0.6 is 23.1 Å². The van der Waals surface area contributed by atoms with E-state index in [1.54, 1.807) is 0 Å². The van der Waals surface area contributed by atoms with Crippen molar-refractivity contribution in [2.45, 2.75) is 45.4 Å². The Labute approximate surface area is 119 Å². The summed E-state index contributed by atoms with van der Waals surface area (Å²) in [6.45, 7) is 6.50. The lowest BCUT2D eigenvalue weighted by Gasteiger charge is -2.22. The fourth-order valence-corrected chi connectivity index (χ4v) is 4.48. The predicted molar refractivity (Wildman–Crippen MR) is 83.5 cm³/mol. The summed E-state index contributed by atoms with van der Waals surface area (Å²) in [5, 5.41) is 3.48. The quantitative estimate of drug-likeness (QED) is 0.864. The third kappa shape index (κ3) is 4.26. The van der Waals surface area contributed by atoms with E-state index < -0.39 is 0 Å². The van der Waals surface area contributed by atoms with Crippen LogP contribution in [0, 0.1) is 0 Å². The van der Waals surface area contributed by atoms with Crippen LogP contribution in [0.3, 0.4) is 0 Å². The minimum Gasteiger partial charge on any atom is -0.310 e. The maximum Gasteiger partial charge on any atom is 0.0328 e. The van der Waals surface area contributed by atoms with Crippen molar-refractivity contribution < 1.29 is 0 Å². The molecule has 1 N–H and O–H groups in total. The van der Waals surface area contributed by atoms with Gasteiger partial charge in [0.2, 0.25) is 0 Å². The number of rotatable bonds is 6. The minimum absolute atomic E-state index is 0.564. The lowest BCUT2D eigenvalue weighted by molar-refractivity contribution is 0.256. The molecule has 102 valence electrons. The molecule has 0 radical (unpaired) electrons. The molecule has 1 fully saturated rings. The highest BCUT2D eigenvalue weighted by atomic mass is 32.2. The van der Waals surface area contributed by atoms with E-state index in [0.29, 0.717) is 6.04 Å². The largest absolute Gasteiger partial charge is 0.310 e. The Morgan fingerprint density at radius 2 is 2.17 bits per heavy atom. The van der Waals surface area contributed by atoms with Gasteiger partial charge in [-0.3, -0.25) is 4.90 Å². The number of nitrogens with zero attached hydrogens (tertiary/aromatic N) is 1. The van der Waals surface area contributed by atoms with Crippen LogP contribution in [0.15, 0.2) is 12.1 Å². The molecule has 1 saturated heterocycles. The van der Waals surface area contributed by atoms with Gasteiger partial charge < -0.3 is 5.32 Å². The van der Waals surface area contributed by atoms with Gasteiger partial charge in [-0.25, -0.2) is 0 Å². The Bertz CT molecular complexity index is 356. The summed E-state index contributed by atoms with van der Waals surface area (Å²) in [6, 6.07) is 5.91. The minimum atomic E-state index is 0.564. The van der Waals surface area contributed by atoms with Gasteiger partial charge in [0.15, 0.2) is 0 Å². The molecule has 1 aliphatic heterocycles. The number of nitrogens with one attached hydrogen (secondary N) is 1. The van der Waals surface area contributed by atoms with Crippen molar-refractivity contribution >= 4 is 23.1 Å². The van der Waals surface area contributed by atoms with Gasteiger partial charge in [0.25, 0.3) is 0 Å². The van der Waals surface area contributed by atoms with Crippen molar-refractivity contribution in [1.82, 2.24) is 10.2 Å². The molecule has 1 unspecified atom stereocenters. The molecular weight excluding hydrogens is 260 g/mol. The summed E-state index contributed by atoms with van der Waals surface area (Å²) in [5.74, 6) is 2.65. The standard InChI is InChI=1S/C14H24N2S2/c1-11(2)15-8-13-4-5-14(18-13)9-16(3)12-6-7-17-10-12/h4-5,11-12,15H,6-10H2,1-3H3. The Morgan fingerprint density at radius 3 is 2.83 bits per heavy atom. The molecule has 1 aromatic rings. The monoisotopic (exact) mass is 284 g/mol. The van der Waals surface area contributed by atoms with Gasteiger partial charge in [-0.15, -0.1) is 11.3 Å². The number of hydrogen-bond donors (Lipinski definition) is 1. The second-order valence-electron chi connectivity index (χ2n) is 5.34. The predicted octanol–water partition coefficient (Wildman–Crippen LogP) is 3.18. The third-order valence-corrected chi connectivity index (χ3v) is 5.55. The molecule has 2 rings (SSSR count). The molecule has 0 amide bonds. The highest BCUT2D eigenvalue weighted by Crippen LogP contribution is 2.24. The van der Waals surface area contributed by atoms with Crippen LogP contribution in [0.2, 0.25) is 0 Å². The molecule has 1 aliphatic rings. The van der Waals surface area contributed by atoms with E-state index in [1.807, 2.05) is 11.3 Å². The first-order valence-corrected chi connectivity index (χ1v) is 8.71. The van der Waals surface area contributed by atoms with Crippen molar-refractivity contribution in [2.75, 3.05) is 18.6 Å². The first-order chi connectivity index (χ1) is 8.65. The van der Waals surface area contributed by atoms with Crippen molar-refractivity contribution in [1.29, 1.82) is 0 Å². The van der Waals surface area contributed by atoms with E-state index in [1.165, 1.54) is 27.7 Å². The molecular formula is C14H24N2S2. The molecule has 0 bridgehead atoms. The highest BCUT2D eigenvalue weighted by Gasteiger charge is 2.20. The van der Waals surface area contributed by atoms with Gasteiger partial charge in [-0.1, -0.05) is 13.8 Å². The van der Waals surface area contributed by atoms with Crippen LogP contribution < -0.4 is 5.32 Å². The van der Waals surface area contributed by atoms with E-state index in [0.717, 1.165) is 19.1 Å². The SMILES string of the molecule is CC(C)NCc1ccc(CN(C)C2CCSC2)s1. The molecule has 2 nitrogen and oxygen atoms in total. The summed E-state index contributed by atoms with van der Waals surface area (Å²) < 4.78 is 0. The van der Waals surface area contributed by atoms with Crippen LogP contribution in [-0.4, -0.2) is 35.5 Å². The van der Waals surface area contributed by atoms with E-state index in [9.17, 15) is 0 Å². The number of thiophene rings is 1. The van der Waals surface area contributed by atoms with Crippen molar-refractivity contribution in [2.24, 2.45) is 0 Å². The van der Waals surface area contributed by atoms with E-state index in [-0.39, 0.29) is 0 Å². The summed E-state index contributed by atoms with van der Waals surface area (Å²) in [5.41, 5.74) is 0. The summed E-state index contributed by atoms with van der Waals surface area (Å²) in [6.07, 6.45) is 1.36. The second kappa shape index (κ2) is 6.94. The van der Waals surface area contributed by atoms with Gasteiger partial charge in [-0.2, -0.15) is 11.8 Å². The van der Waals surface area contributed by atoms with Crippen molar-refractivity contribution in [3.05, 3.63) is 21.9 Å². The second-order valence-corrected chi connectivity index (χ2v) is 7.74. The Hall–Kier alpha value is -0.0300. The lowest BCUT2D eigenvalue weighted by Crippen LogP contribution is -2.30. The van der Waals surface area contributed by atoms with Gasteiger partial charge in [0, 0.05) is 40.7 Å². The molecule has 0 spiro atoms. The van der Waals surface area contributed by atoms with Crippen LogP contribution in [-0.2, 0) is 13.1 Å². The fourth-order valence-electron chi connectivity index (χ4n) is 2.15. The Balaban J connectivity index is 1.82. The first-order valence-electron chi connectivity index (χ1n) is 6.74. The number of thioether (sulfide) groups is 1. The van der Waals surface area contributed by atoms with Crippen LogP contribution in [0.1, 0.15) is 30.0 Å². The molecule has 0 saturated carbocycles. The maximum absolute atomic E-state index is 3.48. The van der Waals surface area contributed by atoms with Gasteiger partial charge in [0.05, 0.1) is 0 Å². The zero-order valence-electron chi connectivity index (χ0n) is 11.6. The summed E-state index contributed by atoms with van der Waals surface area (Å²) >= 11 is 4.04. The molecule has 0 aliphatic carbocycles. The van der Waals surface area contributed by atoms with Crippen molar-refractivity contribution in [3.8, 4) is 0 Å². The summed E-state index contributed by atoms with van der Waals surface area (Å²) in [7, 11) is 2.27. The average molecular weight is 284 g/mol. The Kier molecular flexibility index (Phi) is 5.55. The lowest BCUT2D eigenvalue weighted by atomic mass is 10.2. The highest BCUT2D eigenvalue weighted by molar-refractivity contribution is 7.99. The smallest absolute Gasteiger partial charge is 0.0328 e. The fraction of sp³-hybridized carbons (Fsp3) is 0.714.